The van der Waals surface area contributed by atoms with Gasteiger partial charge in [0.1, 0.15) is 17.1 Å². The molecule has 2 aromatic carbocycles. The van der Waals surface area contributed by atoms with Crippen molar-refractivity contribution in [1.29, 1.82) is 0 Å². The van der Waals surface area contributed by atoms with Gasteiger partial charge in [-0.2, -0.15) is 0 Å². The van der Waals surface area contributed by atoms with Crippen molar-refractivity contribution in [3.05, 3.63) is 69.9 Å². The summed E-state index contributed by atoms with van der Waals surface area (Å²) in [6, 6.07) is 14.4. The van der Waals surface area contributed by atoms with Crippen LogP contribution in [-0.4, -0.2) is 20.5 Å². The fraction of sp³-hybridized carbons (Fsp3) is 0.0909. The van der Waals surface area contributed by atoms with E-state index in [2.05, 4.69) is 0 Å². The fourth-order valence-corrected chi connectivity index (χ4v) is 4.09. The van der Waals surface area contributed by atoms with Crippen LogP contribution in [0.2, 0.25) is 0 Å². The predicted octanol–water partition coefficient (Wildman–Crippen LogP) is 5.02. The molecule has 0 fully saturated rings. The van der Waals surface area contributed by atoms with Gasteiger partial charge in [0.15, 0.2) is 6.29 Å². The first-order valence-electron chi connectivity index (χ1n) is 8.48. The van der Waals surface area contributed by atoms with Gasteiger partial charge in [-0.15, -0.1) is 11.3 Å². The molecular weight excluding hydrogens is 376 g/mol. The molecule has 2 heterocycles. The van der Waals surface area contributed by atoms with E-state index in [9.17, 15) is 9.59 Å². The van der Waals surface area contributed by atoms with Gasteiger partial charge in [0.2, 0.25) is 0 Å². The van der Waals surface area contributed by atoms with Gasteiger partial charge in [-0.05, 0) is 28.6 Å². The second-order valence-corrected chi connectivity index (χ2v) is 7.00. The van der Waals surface area contributed by atoms with E-state index < -0.39 is 5.63 Å². The number of benzene rings is 2. The van der Waals surface area contributed by atoms with E-state index in [0.717, 1.165) is 22.3 Å². The van der Waals surface area contributed by atoms with Crippen molar-refractivity contribution in [2.75, 3.05) is 14.2 Å². The maximum Gasteiger partial charge on any atom is 0.336 e. The average Bonchev–Trinajstić information content (AvgIpc) is 3.21. The molecule has 6 heteroatoms. The molecule has 0 saturated carbocycles. The van der Waals surface area contributed by atoms with Gasteiger partial charge in [0.05, 0.1) is 19.6 Å². The first kappa shape index (κ1) is 18.0. The molecule has 0 N–H and O–H groups in total. The smallest absolute Gasteiger partial charge is 0.336 e. The number of hydrogen-bond donors (Lipinski definition) is 0. The highest BCUT2D eigenvalue weighted by molar-refractivity contribution is 7.14. The lowest BCUT2D eigenvalue weighted by Gasteiger charge is -2.12. The van der Waals surface area contributed by atoms with Gasteiger partial charge in [0.25, 0.3) is 0 Å². The Balaban J connectivity index is 1.98. The van der Waals surface area contributed by atoms with E-state index in [4.69, 9.17) is 13.9 Å². The summed E-state index contributed by atoms with van der Waals surface area (Å²) in [6.45, 7) is 0. The van der Waals surface area contributed by atoms with Crippen molar-refractivity contribution in [2.24, 2.45) is 0 Å². The molecule has 5 nitrogen and oxygen atoms in total. The SMILES string of the molecule is COc1cc(OC)c2c(-c3cccc(-c4sccc4C=O)c3)cc(=O)oc2c1. The van der Waals surface area contributed by atoms with E-state index in [1.54, 1.807) is 25.3 Å². The van der Waals surface area contributed by atoms with Crippen LogP contribution in [-0.2, 0) is 0 Å². The third-order valence-corrected chi connectivity index (χ3v) is 5.47. The first-order chi connectivity index (χ1) is 13.6. The molecule has 28 heavy (non-hydrogen) atoms. The zero-order valence-corrected chi connectivity index (χ0v) is 16.0. The Labute approximate surface area is 164 Å². The standard InChI is InChI=1S/C22H16O5S/c1-25-16-9-18(26-2)21-17(11-20(24)27-19(21)10-16)13-4-3-5-14(8-13)22-15(12-23)6-7-28-22/h3-12H,1-2H3. The largest absolute Gasteiger partial charge is 0.496 e. The number of carbonyl (C=O) groups is 1. The minimum absolute atomic E-state index is 0.383. The minimum atomic E-state index is -0.465. The normalized spacial score (nSPS) is 10.8. The summed E-state index contributed by atoms with van der Waals surface area (Å²) in [5.41, 5.74) is 2.98. The summed E-state index contributed by atoms with van der Waals surface area (Å²) < 4.78 is 16.2. The molecule has 0 atom stereocenters. The molecule has 0 amide bonds. The van der Waals surface area contributed by atoms with Crippen molar-refractivity contribution in [3.63, 3.8) is 0 Å². The lowest BCUT2D eigenvalue weighted by atomic mass is 9.98. The van der Waals surface area contributed by atoms with E-state index >= 15 is 0 Å². The monoisotopic (exact) mass is 392 g/mol. The molecule has 0 saturated heterocycles. The Morgan fingerprint density at radius 3 is 2.57 bits per heavy atom. The van der Waals surface area contributed by atoms with Crippen molar-refractivity contribution >= 4 is 28.6 Å². The maximum absolute atomic E-state index is 12.2. The van der Waals surface area contributed by atoms with E-state index in [-0.39, 0.29) is 0 Å². The zero-order chi connectivity index (χ0) is 19.7. The molecule has 0 spiro atoms. The van der Waals surface area contributed by atoms with E-state index in [1.165, 1.54) is 24.5 Å². The molecule has 0 radical (unpaired) electrons. The van der Waals surface area contributed by atoms with Crippen LogP contribution in [0.4, 0.5) is 0 Å². The zero-order valence-electron chi connectivity index (χ0n) is 15.2. The van der Waals surface area contributed by atoms with Gasteiger partial charge in [-0.25, -0.2) is 4.79 Å². The van der Waals surface area contributed by atoms with Crippen LogP contribution in [0.25, 0.3) is 32.5 Å². The Morgan fingerprint density at radius 1 is 1.00 bits per heavy atom. The molecule has 4 rings (SSSR count). The van der Waals surface area contributed by atoms with E-state index in [0.29, 0.717) is 33.6 Å². The highest BCUT2D eigenvalue weighted by atomic mass is 32.1. The Bertz CT molecular complexity index is 1240. The van der Waals surface area contributed by atoms with Crippen molar-refractivity contribution < 1.29 is 18.7 Å². The van der Waals surface area contributed by atoms with Crippen molar-refractivity contribution in [3.8, 4) is 33.1 Å². The number of thiophene rings is 1. The molecule has 0 unspecified atom stereocenters. The van der Waals surface area contributed by atoms with Crippen molar-refractivity contribution in [1.82, 2.24) is 0 Å². The van der Waals surface area contributed by atoms with Crippen LogP contribution < -0.4 is 15.1 Å². The highest BCUT2D eigenvalue weighted by Crippen LogP contribution is 2.39. The van der Waals surface area contributed by atoms with Crippen LogP contribution in [0.5, 0.6) is 11.5 Å². The number of rotatable bonds is 5. The molecule has 2 aromatic heterocycles. The van der Waals surface area contributed by atoms with Crippen molar-refractivity contribution in [2.45, 2.75) is 0 Å². The number of carbonyl (C=O) groups excluding carboxylic acids is 1. The molecule has 140 valence electrons. The lowest BCUT2D eigenvalue weighted by molar-refractivity contribution is 0.112. The average molecular weight is 392 g/mol. The van der Waals surface area contributed by atoms with Gasteiger partial charge in [-0.1, -0.05) is 18.2 Å². The molecule has 0 aliphatic carbocycles. The Hall–Kier alpha value is -3.38. The second-order valence-electron chi connectivity index (χ2n) is 6.09. The van der Waals surface area contributed by atoms with Gasteiger partial charge >= 0.3 is 5.63 Å². The van der Waals surface area contributed by atoms with Gasteiger partial charge < -0.3 is 13.9 Å². The summed E-state index contributed by atoms with van der Waals surface area (Å²) in [6.07, 6.45) is 0.848. The molecule has 0 aliphatic rings. The highest BCUT2D eigenvalue weighted by Gasteiger charge is 2.16. The van der Waals surface area contributed by atoms with Crippen LogP contribution in [0.15, 0.2) is 63.1 Å². The third-order valence-electron chi connectivity index (χ3n) is 4.50. The number of hydrogen-bond acceptors (Lipinski definition) is 6. The Kier molecular flexibility index (Phi) is 4.71. The number of methoxy groups -OCH3 is 2. The number of aldehydes is 1. The van der Waals surface area contributed by atoms with Gasteiger partial charge in [-0.3, -0.25) is 4.79 Å². The molecule has 0 aliphatic heterocycles. The summed E-state index contributed by atoms with van der Waals surface area (Å²) in [4.78, 5) is 24.4. The molecular formula is C22H16O5S. The number of fused-ring (bicyclic) bond motifs is 1. The number of ether oxygens (including phenoxy) is 2. The van der Waals surface area contributed by atoms with Crippen LogP contribution in [0.3, 0.4) is 0 Å². The van der Waals surface area contributed by atoms with E-state index in [1.807, 2.05) is 29.6 Å². The minimum Gasteiger partial charge on any atom is -0.496 e. The fourth-order valence-electron chi connectivity index (χ4n) is 3.22. The van der Waals surface area contributed by atoms with Crippen LogP contribution in [0, 0.1) is 0 Å². The van der Waals surface area contributed by atoms with Crippen LogP contribution >= 0.6 is 11.3 Å². The topological polar surface area (TPSA) is 65.7 Å². The summed E-state index contributed by atoms with van der Waals surface area (Å²) in [7, 11) is 3.10. The van der Waals surface area contributed by atoms with Gasteiger partial charge in [0, 0.05) is 34.2 Å². The summed E-state index contributed by atoms with van der Waals surface area (Å²) in [5, 5.41) is 2.56. The first-order valence-corrected chi connectivity index (χ1v) is 9.36. The molecule has 0 bridgehead atoms. The lowest BCUT2D eigenvalue weighted by Crippen LogP contribution is -2.00. The summed E-state index contributed by atoms with van der Waals surface area (Å²) in [5.74, 6) is 1.08. The molecule has 4 aromatic rings. The maximum atomic E-state index is 12.2. The quantitative estimate of drug-likeness (QED) is 0.352. The third kappa shape index (κ3) is 3.08. The second kappa shape index (κ2) is 7.32. The predicted molar refractivity (Wildman–Crippen MR) is 110 cm³/mol. The Morgan fingerprint density at radius 2 is 1.82 bits per heavy atom. The van der Waals surface area contributed by atoms with Crippen LogP contribution in [0.1, 0.15) is 10.4 Å². The summed E-state index contributed by atoms with van der Waals surface area (Å²) >= 11 is 1.50.